The first kappa shape index (κ1) is 22.8. The number of aromatic nitrogens is 5. The first-order chi connectivity index (χ1) is 18.1. The molecule has 9 heteroatoms. The number of H-pyrrole nitrogens is 1. The number of nitrogens with zero attached hydrogens (tertiary/aromatic N) is 5. The molecule has 1 aromatic carbocycles. The van der Waals surface area contributed by atoms with Crippen molar-refractivity contribution in [2.24, 2.45) is 0 Å². The third-order valence-electron chi connectivity index (χ3n) is 6.58. The maximum Gasteiger partial charge on any atom is 0.276 e. The number of fused-ring (bicyclic) bond motifs is 1. The van der Waals surface area contributed by atoms with E-state index in [4.69, 9.17) is 0 Å². The number of hydrogen-bond donors (Lipinski definition) is 2. The number of rotatable bonds is 5. The van der Waals surface area contributed by atoms with Crippen molar-refractivity contribution in [1.29, 1.82) is 0 Å². The monoisotopic (exact) mass is 493 g/mol. The second kappa shape index (κ2) is 9.77. The van der Waals surface area contributed by atoms with Gasteiger partial charge in [-0.05, 0) is 61.2 Å². The molecule has 0 unspecified atom stereocenters. The van der Waals surface area contributed by atoms with Gasteiger partial charge in [-0.3, -0.25) is 24.8 Å². The van der Waals surface area contributed by atoms with Crippen LogP contribution < -0.4 is 10.2 Å². The summed E-state index contributed by atoms with van der Waals surface area (Å²) in [7, 11) is 0. The minimum Gasteiger partial charge on any atom is -0.370 e. The van der Waals surface area contributed by atoms with Crippen molar-refractivity contribution in [3.63, 3.8) is 0 Å². The molecule has 5 aromatic rings. The molecule has 0 bridgehead atoms. The Morgan fingerprint density at radius 2 is 1.70 bits per heavy atom. The average molecular weight is 494 g/mol. The SMILES string of the molecule is O=C(Nc1ccc(-c2cncc(F)c2)nc1)c1n[nH]c2ccc(-c3cncc(N4CCCCC4)c3)cc12. The molecular weight excluding hydrogens is 469 g/mol. The first-order valence-electron chi connectivity index (χ1n) is 12.2. The topological polar surface area (TPSA) is 99.7 Å². The lowest BCUT2D eigenvalue weighted by Gasteiger charge is -2.28. The highest BCUT2D eigenvalue weighted by Crippen LogP contribution is 2.29. The van der Waals surface area contributed by atoms with Crippen LogP contribution in [-0.2, 0) is 0 Å². The van der Waals surface area contributed by atoms with E-state index in [1.807, 2.05) is 30.6 Å². The lowest BCUT2D eigenvalue weighted by atomic mass is 10.0. The summed E-state index contributed by atoms with van der Waals surface area (Å²) in [6.45, 7) is 2.09. The zero-order chi connectivity index (χ0) is 25.2. The second-order valence-electron chi connectivity index (χ2n) is 9.09. The maximum absolute atomic E-state index is 13.5. The van der Waals surface area contributed by atoms with E-state index in [0.29, 0.717) is 22.3 Å². The van der Waals surface area contributed by atoms with Crippen LogP contribution >= 0.6 is 0 Å². The number of carbonyl (C=O) groups excluding carboxylic acids is 1. The zero-order valence-corrected chi connectivity index (χ0v) is 20.0. The fraction of sp³-hybridized carbons (Fsp3) is 0.179. The summed E-state index contributed by atoms with van der Waals surface area (Å²) in [5.41, 5.74) is 5.74. The van der Waals surface area contributed by atoms with Crippen molar-refractivity contribution in [3.05, 3.63) is 85.0 Å². The zero-order valence-electron chi connectivity index (χ0n) is 20.0. The molecule has 184 valence electrons. The van der Waals surface area contributed by atoms with Crippen LogP contribution in [0, 0.1) is 5.82 Å². The summed E-state index contributed by atoms with van der Waals surface area (Å²) < 4.78 is 13.5. The van der Waals surface area contributed by atoms with Crippen molar-refractivity contribution in [3.8, 4) is 22.4 Å². The van der Waals surface area contributed by atoms with E-state index in [-0.39, 0.29) is 11.6 Å². The highest BCUT2D eigenvalue weighted by molar-refractivity contribution is 6.11. The molecule has 4 aromatic heterocycles. The van der Waals surface area contributed by atoms with Gasteiger partial charge >= 0.3 is 0 Å². The number of carbonyl (C=O) groups is 1. The maximum atomic E-state index is 13.5. The number of hydrogen-bond acceptors (Lipinski definition) is 6. The molecule has 6 rings (SSSR count). The molecule has 37 heavy (non-hydrogen) atoms. The smallest absolute Gasteiger partial charge is 0.276 e. The lowest BCUT2D eigenvalue weighted by Crippen LogP contribution is -2.29. The van der Waals surface area contributed by atoms with E-state index in [9.17, 15) is 9.18 Å². The van der Waals surface area contributed by atoms with Gasteiger partial charge in [0.2, 0.25) is 0 Å². The van der Waals surface area contributed by atoms with Gasteiger partial charge < -0.3 is 10.2 Å². The Hall–Kier alpha value is -4.66. The predicted octanol–water partition coefficient (Wildman–Crippen LogP) is 5.46. The largest absolute Gasteiger partial charge is 0.370 e. The van der Waals surface area contributed by atoms with E-state index in [1.54, 1.807) is 12.1 Å². The second-order valence-corrected chi connectivity index (χ2v) is 9.09. The first-order valence-corrected chi connectivity index (χ1v) is 12.2. The lowest BCUT2D eigenvalue weighted by molar-refractivity contribution is 0.102. The number of anilines is 2. The predicted molar refractivity (Wildman–Crippen MR) is 141 cm³/mol. The molecule has 1 fully saturated rings. The Bertz CT molecular complexity index is 1580. The van der Waals surface area contributed by atoms with E-state index in [0.717, 1.165) is 41.6 Å². The van der Waals surface area contributed by atoms with Gasteiger partial charge in [-0.2, -0.15) is 5.10 Å². The molecule has 8 nitrogen and oxygen atoms in total. The van der Waals surface area contributed by atoms with Crippen molar-refractivity contribution >= 4 is 28.2 Å². The standard InChI is InChI=1S/C28H24FN7O/c29-21-10-20(14-30-15-21)25-7-5-22(16-32-25)33-28(37)27-24-12-18(4-6-26(24)34-35-27)19-11-23(17-31-13-19)36-8-2-1-3-9-36/h4-7,10-17H,1-3,8-9H2,(H,33,37)(H,34,35). The molecule has 0 aliphatic carbocycles. The van der Waals surface area contributed by atoms with Gasteiger partial charge in [0, 0.05) is 42.0 Å². The molecule has 5 heterocycles. The third kappa shape index (κ3) is 4.75. The van der Waals surface area contributed by atoms with Crippen LogP contribution in [0.1, 0.15) is 29.8 Å². The van der Waals surface area contributed by atoms with Crippen molar-refractivity contribution in [2.45, 2.75) is 19.3 Å². The number of halogens is 1. The molecule has 1 aliphatic heterocycles. The van der Waals surface area contributed by atoms with Gasteiger partial charge in [-0.15, -0.1) is 0 Å². The molecule has 0 saturated carbocycles. The Kier molecular flexibility index (Phi) is 6.02. The van der Waals surface area contributed by atoms with Crippen LogP contribution in [0.3, 0.4) is 0 Å². The van der Waals surface area contributed by atoms with Crippen molar-refractivity contribution in [2.75, 3.05) is 23.3 Å². The van der Waals surface area contributed by atoms with Crippen LogP contribution in [0.15, 0.2) is 73.4 Å². The van der Waals surface area contributed by atoms with Crippen LogP contribution in [0.4, 0.5) is 15.8 Å². The number of amides is 1. The molecule has 0 spiro atoms. The Labute approximate surface area is 212 Å². The van der Waals surface area contributed by atoms with E-state index in [2.05, 4.69) is 41.4 Å². The summed E-state index contributed by atoms with van der Waals surface area (Å²) in [6.07, 6.45) is 11.6. The van der Waals surface area contributed by atoms with Crippen LogP contribution in [0.5, 0.6) is 0 Å². The minimum atomic E-state index is -0.435. The fourth-order valence-corrected chi connectivity index (χ4v) is 4.66. The van der Waals surface area contributed by atoms with E-state index < -0.39 is 5.82 Å². The highest BCUT2D eigenvalue weighted by Gasteiger charge is 2.17. The molecular formula is C28H24FN7O. The number of piperidine rings is 1. The van der Waals surface area contributed by atoms with Crippen molar-refractivity contribution < 1.29 is 9.18 Å². The fourth-order valence-electron chi connectivity index (χ4n) is 4.66. The summed E-state index contributed by atoms with van der Waals surface area (Å²) in [4.78, 5) is 28.1. The Morgan fingerprint density at radius 1 is 0.865 bits per heavy atom. The summed E-state index contributed by atoms with van der Waals surface area (Å²) in [5, 5.41) is 10.8. The van der Waals surface area contributed by atoms with Gasteiger partial charge in [-0.1, -0.05) is 6.07 Å². The van der Waals surface area contributed by atoms with Crippen LogP contribution in [0.25, 0.3) is 33.3 Å². The van der Waals surface area contributed by atoms with Crippen LogP contribution in [0.2, 0.25) is 0 Å². The highest BCUT2D eigenvalue weighted by atomic mass is 19.1. The quantitative estimate of drug-likeness (QED) is 0.337. The van der Waals surface area contributed by atoms with Gasteiger partial charge in [0.1, 0.15) is 5.82 Å². The van der Waals surface area contributed by atoms with Gasteiger partial charge in [0.25, 0.3) is 5.91 Å². The average Bonchev–Trinajstić information content (AvgIpc) is 3.38. The molecule has 0 atom stereocenters. The molecule has 2 N–H and O–H groups in total. The number of pyridine rings is 3. The minimum absolute atomic E-state index is 0.287. The number of nitrogens with one attached hydrogen (secondary N) is 2. The summed E-state index contributed by atoms with van der Waals surface area (Å²) in [6, 6.07) is 12.8. The Morgan fingerprint density at radius 3 is 2.51 bits per heavy atom. The third-order valence-corrected chi connectivity index (χ3v) is 6.58. The molecule has 1 amide bonds. The molecule has 1 aliphatic rings. The number of aromatic amines is 1. The van der Waals surface area contributed by atoms with E-state index in [1.165, 1.54) is 37.7 Å². The van der Waals surface area contributed by atoms with E-state index >= 15 is 0 Å². The van der Waals surface area contributed by atoms with Gasteiger partial charge in [-0.25, -0.2) is 4.39 Å². The van der Waals surface area contributed by atoms with Crippen molar-refractivity contribution in [1.82, 2.24) is 25.1 Å². The van der Waals surface area contributed by atoms with Crippen LogP contribution in [-0.4, -0.2) is 44.1 Å². The Balaban J connectivity index is 1.24. The van der Waals surface area contributed by atoms with Gasteiger partial charge in [0.05, 0.1) is 41.2 Å². The normalized spacial score (nSPS) is 13.6. The summed E-state index contributed by atoms with van der Waals surface area (Å²) >= 11 is 0. The molecule has 1 saturated heterocycles. The number of benzene rings is 1. The molecule has 0 radical (unpaired) electrons. The summed E-state index contributed by atoms with van der Waals surface area (Å²) in [5.74, 6) is -0.791. The van der Waals surface area contributed by atoms with Gasteiger partial charge in [0.15, 0.2) is 5.69 Å².